The predicted octanol–water partition coefficient (Wildman–Crippen LogP) is 0.241. The Morgan fingerprint density at radius 1 is 1.09 bits per heavy atom. The summed E-state index contributed by atoms with van der Waals surface area (Å²) in [4.78, 5) is 29.1. The molecule has 3 rings (SSSR count). The van der Waals surface area contributed by atoms with Crippen molar-refractivity contribution < 1.29 is 4.21 Å². The van der Waals surface area contributed by atoms with Crippen molar-refractivity contribution in [3.05, 3.63) is 57.5 Å². The van der Waals surface area contributed by atoms with Gasteiger partial charge < -0.3 is 4.57 Å². The molecular formula is C15H16N4O3S. The Hall–Kier alpha value is -2.48. The smallest absolute Gasteiger partial charge is 0.324 e. The van der Waals surface area contributed by atoms with Crippen LogP contribution in [0, 0.1) is 0 Å². The molecule has 0 fully saturated rings. The van der Waals surface area contributed by atoms with E-state index in [-0.39, 0.29) is 0 Å². The van der Waals surface area contributed by atoms with Crippen molar-refractivity contribution in [1.82, 2.24) is 18.7 Å². The van der Waals surface area contributed by atoms with E-state index in [4.69, 9.17) is 0 Å². The van der Waals surface area contributed by atoms with Gasteiger partial charge in [0.1, 0.15) is 0 Å². The number of aryl methyl sites for hydroxylation is 2. The Labute approximate surface area is 134 Å². The van der Waals surface area contributed by atoms with E-state index in [1.165, 1.54) is 17.9 Å². The molecule has 0 aliphatic carbocycles. The van der Waals surface area contributed by atoms with Crippen molar-refractivity contribution in [1.29, 1.82) is 0 Å². The highest BCUT2D eigenvalue weighted by atomic mass is 32.2. The van der Waals surface area contributed by atoms with Gasteiger partial charge in [0.15, 0.2) is 11.2 Å². The van der Waals surface area contributed by atoms with Crippen LogP contribution in [0.1, 0.15) is 0 Å². The first-order valence-corrected chi connectivity index (χ1v) is 8.37. The maximum atomic E-state index is 12.3. The summed E-state index contributed by atoms with van der Waals surface area (Å²) in [6.45, 7) is 0.380. The predicted molar refractivity (Wildman–Crippen MR) is 87.9 cm³/mol. The van der Waals surface area contributed by atoms with Gasteiger partial charge in [0.25, 0.3) is 5.56 Å². The Morgan fingerprint density at radius 3 is 2.48 bits per heavy atom. The van der Waals surface area contributed by atoms with E-state index in [1.54, 1.807) is 11.6 Å². The molecule has 1 aromatic carbocycles. The highest BCUT2D eigenvalue weighted by Gasteiger charge is 2.14. The second kappa shape index (κ2) is 5.96. The maximum absolute atomic E-state index is 12.3. The first-order chi connectivity index (χ1) is 11.0. The summed E-state index contributed by atoms with van der Waals surface area (Å²) in [6, 6.07) is 9.17. The molecule has 0 radical (unpaired) electrons. The second-order valence-corrected chi connectivity index (χ2v) is 6.75. The average Bonchev–Trinajstić information content (AvgIpc) is 3.00. The molecule has 120 valence electrons. The van der Waals surface area contributed by atoms with E-state index < -0.39 is 22.0 Å². The summed E-state index contributed by atoms with van der Waals surface area (Å²) in [5.41, 5.74) is -0.130. The Balaban J connectivity index is 1.95. The molecule has 1 atom stereocenters. The molecule has 0 bridgehead atoms. The summed E-state index contributed by atoms with van der Waals surface area (Å²) in [7, 11) is 1.85. The van der Waals surface area contributed by atoms with Crippen LogP contribution in [-0.2, 0) is 31.4 Å². The van der Waals surface area contributed by atoms with Gasteiger partial charge in [-0.3, -0.25) is 18.1 Å². The van der Waals surface area contributed by atoms with E-state index >= 15 is 0 Å². The maximum Gasteiger partial charge on any atom is 0.332 e. The van der Waals surface area contributed by atoms with E-state index in [1.807, 2.05) is 30.3 Å². The summed E-state index contributed by atoms with van der Waals surface area (Å²) in [6.07, 6.45) is 1.51. The van der Waals surface area contributed by atoms with Gasteiger partial charge in [-0.05, 0) is 12.1 Å². The van der Waals surface area contributed by atoms with E-state index in [9.17, 15) is 13.8 Å². The lowest BCUT2D eigenvalue weighted by Gasteiger charge is -2.07. The van der Waals surface area contributed by atoms with Gasteiger partial charge in [0, 0.05) is 31.3 Å². The van der Waals surface area contributed by atoms with Crippen LogP contribution >= 0.6 is 0 Å². The van der Waals surface area contributed by atoms with Crippen LogP contribution < -0.4 is 11.2 Å². The zero-order valence-electron chi connectivity index (χ0n) is 12.8. The first kappa shape index (κ1) is 15.4. The lowest BCUT2D eigenvalue weighted by Crippen LogP contribution is -2.37. The SMILES string of the molecule is Cn1c(=O)c2c(ncn2CCS(=O)c2ccccc2)n(C)c1=O. The topological polar surface area (TPSA) is 78.9 Å². The minimum atomic E-state index is -1.16. The van der Waals surface area contributed by atoms with E-state index in [2.05, 4.69) is 4.98 Å². The molecule has 1 unspecified atom stereocenters. The summed E-state index contributed by atoms with van der Waals surface area (Å²) < 4.78 is 16.3. The molecule has 2 aromatic heterocycles. The fourth-order valence-electron chi connectivity index (χ4n) is 2.44. The van der Waals surface area contributed by atoms with Crippen LogP contribution in [0.2, 0.25) is 0 Å². The summed E-state index contributed by atoms with van der Waals surface area (Å²) in [5, 5.41) is 0. The van der Waals surface area contributed by atoms with Crippen molar-refractivity contribution in [3.63, 3.8) is 0 Å². The third-order valence-electron chi connectivity index (χ3n) is 3.74. The van der Waals surface area contributed by atoms with Crippen LogP contribution in [0.15, 0.2) is 51.1 Å². The highest BCUT2D eigenvalue weighted by Crippen LogP contribution is 2.09. The van der Waals surface area contributed by atoms with Crippen LogP contribution in [0.4, 0.5) is 0 Å². The van der Waals surface area contributed by atoms with Crippen LogP contribution in [-0.4, -0.2) is 28.6 Å². The van der Waals surface area contributed by atoms with E-state index in [0.29, 0.717) is 23.5 Å². The molecule has 2 heterocycles. The molecule has 0 aliphatic heterocycles. The van der Waals surface area contributed by atoms with Crippen LogP contribution in [0.5, 0.6) is 0 Å². The van der Waals surface area contributed by atoms with Crippen molar-refractivity contribution in [2.75, 3.05) is 5.75 Å². The minimum absolute atomic E-state index is 0.337. The minimum Gasteiger partial charge on any atom is -0.324 e. The number of hydrogen-bond acceptors (Lipinski definition) is 4. The molecular weight excluding hydrogens is 316 g/mol. The number of benzene rings is 1. The molecule has 0 spiro atoms. The van der Waals surface area contributed by atoms with Crippen LogP contribution in [0.3, 0.4) is 0 Å². The van der Waals surface area contributed by atoms with Crippen molar-refractivity contribution in [2.24, 2.45) is 14.1 Å². The number of hydrogen-bond donors (Lipinski definition) is 0. The quantitative estimate of drug-likeness (QED) is 0.686. The Morgan fingerprint density at radius 2 is 1.78 bits per heavy atom. The lowest BCUT2D eigenvalue weighted by atomic mass is 10.4. The fraction of sp³-hybridized carbons (Fsp3) is 0.267. The molecule has 3 aromatic rings. The molecule has 0 N–H and O–H groups in total. The first-order valence-electron chi connectivity index (χ1n) is 7.05. The molecule has 0 saturated heterocycles. The molecule has 23 heavy (non-hydrogen) atoms. The largest absolute Gasteiger partial charge is 0.332 e. The Bertz CT molecular complexity index is 1000. The third kappa shape index (κ3) is 2.65. The van der Waals surface area contributed by atoms with Gasteiger partial charge in [-0.25, -0.2) is 9.78 Å². The summed E-state index contributed by atoms with van der Waals surface area (Å²) >= 11 is 0. The third-order valence-corrected chi connectivity index (χ3v) is 5.09. The Kier molecular flexibility index (Phi) is 3.99. The number of imidazole rings is 1. The lowest BCUT2D eigenvalue weighted by molar-refractivity contribution is 0.673. The second-order valence-electron chi connectivity index (χ2n) is 5.18. The average molecular weight is 332 g/mol. The number of nitrogens with zero attached hydrogens (tertiary/aromatic N) is 4. The van der Waals surface area contributed by atoms with Gasteiger partial charge in [0.05, 0.1) is 17.1 Å². The van der Waals surface area contributed by atoms with Gasteiger partial charge in [0.2, 0.25) is 0 Å². The van der Waals surface area contributed by atoms with Gasteiger partial charge in [-0.1, -0.05) is 18.2 Å². The van der Waals surface area contributed by atoms with Crippen molar-refractivity contribution in [2.45, 2.75) is 11.4 Å². The summed E-state index contributed by atoms with van der Waals surface area (Å²) in [5.74, 6) is 0.363. The number of rotatable bonds is 4. The van der Waals surface area contributed by atoms with Crippen molar-refractivity contribution in [3.8, 4) is 0 Å². The molecule has 0 aliphatic rings. The molecule has 7 nitrogen and oxygen atoms in total. The van der Waals surface area contributed by atoms with Gasteiger partial charge >= 0.3 is 5.69 Å². The standard InChI is InChI=1S/C15H16N4O3S/c1-17-13-12(14(20)18(2)15(17)21)19(10-16-13)8-9-23(22)11-6-4-3-5-7-11/h3-7,10H,8-9H2,1-2H3. The molecule has 0 amide bonds. The van der Waals surface area contributed by atoms with Crippen molar-refractivity contribution >= 4 is 22.0 Å². The normalized spacial score (nSPS) is 12.6. The number of fused-ring (bicyclic) bond motifs is 1. The van der Waals surface area contributed by atoms with Gasteiger partial charge in [-0.2, -0.15) is 0 Å². The monoisotopic (exact) mass is 332 g/mol. The highest BCUT2D eigenvalue weighted by molar-refractivity contribution is 7.85. The fourth-order valence-corrected chi connectivity index (χ4v) is 3.50. The van der Waals surface area contributed by atoms with Gasteiger partial charge in [-0.15, -0.1) is 0 Å². The zero-order chi connectivity index (χ0) is 16.6. The zero-order valence-corrected chi connectivity index (χ0v) is 13.6. The van der Waals surface area contributed by atoms with E-state index in [0.717, 1.165) is 9.46 Å². The number of aromatic nitrogens is 4. The van der Waals surface area contributed by atoms with Crippen LogP contribution in [0.25, 0.3) is 11.2 Å². The molecule has 0 saturated carbocycles. The molecule has 8 heteroatoms.